The first-order valence-electron chi connectivity index (χ1n) is 4.83. The van der Waals surface area contributed by atoms with Crippen LogP contribution in [0.5, 0.6) is 0 Å². The van der Waals surface area contributed by atoms with Gasteiger partial charge in [0.1, 0.15) is 0 Å². The van der Waals surface area contributed by atoms with Crippen molar-refractivity contribution in [1.82, 2.24) is 0 Å². The number of hydrogen-bond acceptors (Lipinski definition) is 5. The van der Waals surface area contributed by atoms with Gasteiger partial charge in [-0.2, -0.15) is 5.01 Å². The van der Waals surface area contributed by atoms with Crippen LogP contribution >= 0.6 is 0 Å². The molecule has 1 amide bonds. The summed E-state index contributed by atoms with van der Waals surface area (Å²) in [4.78, 5) is 21.5. The van der Waals surface area contributed by atoms with Gasteiger partial charge in [-0.1, -0.05) is 0 Å². The van der Waals surface area contributed by atoms with E-state index in [0.717, 1.165) is 0 Å². The molecule has 0 N–H and O–H groups in total. The minimum Gasteiger partial charge on any atom is -0.470 e. The first-order chi connectivity index (χ1) is 8.08. The van der Waals surface area contributed by atoms with E-state index >= 15 is 0 Å². The number of rotatable bonds is 2. The molecule has 0 aliphatic carbocycles. The zero-order chi connectivity index (χ0) is 12.4. The van der Waals surface area contributed by atoms with Crippen LogP contribution in [0.4, 0.5) is 11.4 Å². The van der Waals surface area contributed by atoms with Gasteiger partial charge in [0.05, 0.1) is 10.6 Å². The average Bonchev–Trinajstić information content (AvgIpc) is 2.32. The number of nitro benzene ring substituents is 1. The van der Waals surface area contributed by atoms with Gasteiger partial charge in [-0.05, 0) is 12.1 Å². The number of non-ortho nitro benzene ring substituents is 1. The van der Waals surface area contributed by atoms with Gasteiger partial charge in [0.2, 0.25) is 5.90 Å². The maximum Gasteiger partial charge on any atom is 0.285 e. The Morgan fingerprint density at radius 1 is 1.41 bits per heavy atom. The Morgan fingerprint density at radius 3 is 2.65 bits per heavy atom. The van der Waals surface area contributed by atoms with Crippen LogP contribution in [0.15, 0.2) is 29.4 Å². The smallest absolute Gasteiger partial charge is 0.285 e. The van der Waals surface area contributed by atoms with Crippen LogP contribution in [-0.4, -0.2) is 23.3 Å². The summed E-state index contributed by atoms with van der Waals surface area (Å²) in [6.07, 6.45) is 0. The monoisotopic (exact) mass is 235 g/mol. The third kappa shape index (κ3) is 2.22. The van der Waals surface area contributed by atoms with Crippen molar-refractivity contribution in [1.29, 1.82) is 0 Å². The first-order valence-corrected chi connectivity index (χ1v) is 4.83. The summed E-state index contributed by atoms with van der Waals surface area (Å²) in [5.41, 5.74) is 0.443. The Labute approximate surface area is 96.4 Å². The molecule has 1 aliphatic rings. The van der Waals surface area contributed by atoms with E-state index in [4.69, 9.17) is 4.74 Å². The molecular weight excluding hydrogens is 226 g/mol. The molecule has 0 spiro atoms. The molecule has 0 aromatic heterocycles. The fraction of sp³-hybridized carbons (Fsp3) is 0.200. The SMILES string of the molecule is CC1=NN(c2ccc([N+](=O)[O-])cc2)C(=O)CO1. The maximum atomic E-state index is 11.5. The minimum absolute atomic E-state index is 0.0323. The van der Waals surface area contributed by atoms with Crippen molar-refractivity contribution in [2.75, 3.05) is 11.6 Å². The van der Waals surface area contributed by atoms with Crippen LogP contribution < -0.4 is 5.01 Å². The number of anilines is 1. The number of benzene rings is 1. The highest BCUT2D eigenvalue weighted by atomic mass is 16.6. The van der Waals surface area contributed by atoms with Gasteiger partial charge in [0, 0.05) is 19.1 Å². The second-order valence-corrected chi connectivity index (χ2v) is 3.39. The van der Waals surface area contributed by atoms with Gasteiger partial charge in [-0.15, -0.1) is 5.10 Å². The van der Waals surface area contributed by atoms with E-state index in [9.17, 15) is 14.9 Å². The van der Waals surface area contributed by atoms with E-state index in [-0.39, 0.29) is 18.2 Å². The number of nitro groups is 1. The lowest BCUT2D eigenvalue weighted by Gasteiger charge is -2.22. The van der Waals surface area contributed by atoms with E-state index in [1.165, 1.54) is 29.3 Å². The number of ether oxygens (including phenoxy) is 1. The number of hydrazone groups is 1. The highest BCUT2D eigenvalue weighted by Gasteiger charge is 2.21. The van der Waals surface area contributed by atoms with Crippen molar-refractivity contribution in [3.05, 3.63) is 34.4 Å². The van der Waals surface area contributed by atoms with Crippen molar-refractivity contribution in [2.24, 2.45) is 5.10 Å². The molecule has 0 saturated carbocycles. The third-order valence-electron chi connectivity index (χ3n) is 2.19. The van der Waals surface area contributed by atoms with E-state index in [2.05, 4.69) is 5.10 Å². The maximum absolute atomic E-state index is 11.5. The van der Waals surface area contributed by atoms with Gasteiger partial charge >= 0.3 is 0 Å². The molecule has 1 aromatic carbocycles. The second-order valence-electron chi connectivity index (χ2n) is 3.39. The first kappa shape index (κ1) is 11.1. The topological polar surface area (TPSA) is 85.0 Å². The number of carbonyl (C=O) groups excluding carboxylic acids is 1. The molecule has 0 bridgehead atoms. The van der Waals surface area contributed by atoms with E-state index in [1.54, 1.807) is 6.92 Å². The molecule has 17 heavy (non-hydrogen) atoms. The van der Waals surface area contributed by atoms with E-state index < -0.39 is 4.92 Å². The Kier molecular flexibility index (Phi) is 2.73. The predicted octanol–water partition coefficient (Wildman–Crippen LogP) is 1.29. The molecule has 0 unspecified atom stereocenters. The Balaban J connectivity index is 2.30. The molecule has 88 valence electrons. The summed E-state index contributed by atoms with van der Waals surface area (Å²) in [5.74, 6) is 0.0624. The number of nitrogens with zero attached hydrogens (tertiary/aromatic N) is 3. The van der Waals surface area contributed by atoms with Crippen LogP contribution in [0.25, 0.3) is 0 Å². The summed E-state index contributed by atoms with van der Waals surface area (Å²) in [7, 11) is 0. The van der Waals surface area contributed by atoms with E-state index in [0.29, 0.717) is 11.6 Å². The van der Waals surface area contributed by atoms with Crippen molar-refractivity contribution < 1.29 is 14.5 Å². The van der Waals surface area contributed by atoms with Gasteiger partial charge in [0.25, 0.3) is 11.6 Å². The summed E-state index contributed by atoms with van der Waals surface area (Å²) in [6.45, 7) is 1.55. The van der Waals surface area contributed by atoms with Crippen molar-refractivity contribution in [2.45, 2.75) is 6.92 Å². The number of amides is 1. The Hall–Kier alpha value is -2.44. The molecule has 1 aromatic rings. The largest absolute Gasteiger partial charge is 0.470 e. The van der Waals surface area contributed by atoms with Gasteiger partial charge in [0.15, 0.2) is 6.61 Å². The lowest BCUT2D eigenvalue weighted by molar-refractivity contribution is -0.384. The molecule has 2 rings (SSSR count). The number of carbonyl (C=O) groups is 1. The zero-order valence-electron chi connectivity index (χ0n) is 8.99. The fourth-order valence-corrected chi connectivity index (χ4v) is 1.37. The van der Waals surface area contributed by atoms with Crippen LogP contribution in [0.2, 0.25) is 0 Å². The third-order valence-corrected chi connectivity index (χ3v) is 2.19. The fourth-order valence-electron chi connectivity index (χ4n) is 1.37. The van der Waals surface area contributed by atoms with Crippen molar-refractivity contribution in [3.63, 3.8) is 0 Å². The van der Waals surface area contributed by atoms with Gasteiger partial charge in [-0.25, -0.2) is 0 Å². The normalized spacial score (nSPS) is 15.2. The standard InChI is InChI=1S/C10H9N3O4/c1-7-11-12(10(14)6-17-7)8-2-4-9(5-3-8)13(15)16/h2-5H,6H2,1H3. The molecular formula is C10H9N3O4. The molecule has 1 heterocycles. The second kappa shape index (κ2) is 4.20. The van der Waals surface area contributed by atoms with E-state index in [1.807, 2.05) is 0 Å². The highest BCUT2D eigenvalue weighted by molar-refractivity contribution is 5.98. The van der Waals surface area contributed by atoms with Crippen molar-refractivity contribution in [3.8, 4) is 0 Å². The summed E-state index contributed by atoms with van der Waals surface area (Å²) < 4.78 is 4.95. The summed E-state index contributed by atoms with van der Waals surface area (Å²) in [5, 5.41) is 15.6. The predicted molar refractivity (Wildman–Crippen MR) is 59.6 cm³/mol. The van der Waals surface area contributed by atoms with Crippen LogP contribution in [0.1, 0.15) is 6.92 Å². The summed E-state index contributed by atoms with van der Waals surface area (Å²) >= 11 is 0. The molecule has 0 fully saturated rings. The van der Waals surface area contributed by atoms with Crippen LogP contribution in [-0.2, 0) is 9.53 Å². The quantitative estimate of drug-likeness (QED) is 0.571. The molecule has 0 saturated heterocycles. The lowest BCUT2D eigenvalue weighted by Crippen LogP contribution is -2.35. The Bertz CT molecular complexity index is 495. The molecule has 0 radical (unpaired) electrons. The Morgan fingerprint density at radius 2 is 2.06 bits per heavy atom. The van der Waals surface area contributed by atoms with Crippen LogP contribution in [0.3, 0.4) is 0 Å². The van der Waals surface area contributed by atoms with Gasteiger partial charge in [-0.3, -0.25) is 14.9 Å². The zero-order valence-corrected chi connectivity index (χ0v) is 8.99. The summed E-state index contributed by atoms with van der Waals surface area (Å²) in [6, 6.07) is 5.59. The van der Waals surface area contributed by atoms with Gasteiger partial charge < -0.3 is 4.74 Å². The molecule has 0 atom stereocenters. The average molecular weight is 235 g/mol. The number of hydrogen-bond donors (Lipinski definition) is 0. The lowest BCUT2D eigenvalue weighted by atomic mass is 10.2. The molecule has 7 heteroatoms. The highest BCUT2D eigenvalue weighted by Crippen LogP contribution is 2.21. The molecule has 7 nitrogen and oxygen atoms in total. The minimum atomic E-state index is -0.501. The van der Waals surface area contributed by atoms with Crippen LogP contribution in [0, 0.1) is 10.1 Å². The molecule has 1 aliphatic heterocycles. The van der Waals surface area contributed by atoms with Crippen molar-refractivity contribution >= 4 is 23.2 Å².